The van der Waals surface area contributed by atoms with Gasteiger partial charge in [-0.15, -0.1) is 0 Å². The summed E-state index contributed by atoms with van der Waals surface area (Å²) in [5, 5.41) is 3.86. The van der Waals surface area contributed by atoms with E-state index in [0.717, 1.165) is 30.8 Å². The molecule has 0 unspecified atom stereocenters. The third kappa shape index (κ3) is 3.59. The number of amides is 1. The second-order valence-corrected chi connectivity index (χ2v) is 5.88. The Morgan fingerprint density at radius 1 is 1.53 bits per heavy atom. The van der Waals surface area contributed by atoms with Gasteiger partial charge in [-0.05, 0) is 30.8 Å². The molecule has 1 heterocycles. The first-order chi connectivity index (χ1) is 9.13. The van der Waals surface area contributed by atoms with Gasteiger partial charge in [0.15, 0.2) is 5.82 Å². The largest absolute Gasteiger partial charge is 0.382 e. The van der Waals surface area contributed by atoms with Crippen LogP contribution in [0.25, 0.3) is 0 Å². The van der Waals surface area contributed by atoms with Crippen molar-refractivity contribution < 1.29 is 4.79 Å². The summed E-state index contributed by atoms with van der Waals surface area (Å²) in [6, 6.07) is 0.338. The molecule has 1 saturated carbocycles. The van der Waals surface area contributed by atoms with Gasteiger partial charge in [-0.25, -0.2) is 0 Å². The fraction of sp³-hybridized carbons (Fsp3) is 0.692. The van der Waals surface area contributed by atoms with Crippen molar-refractivity contribution in [3.8, 4) is 0 Å². The van der Waals surface area contributed by atoms with Gasteiger partial charge in [0, 0.05) is 19.6 Å². The van der Waals surface area contributed by atoms with Crippen molar-refractivity contribution in [2.24, 2.45) is 0 Å². The zero-order valence-electron chi connectivity index (χ0n) is 11.6. The fourth-order valence-corrected chi connectivity index (χ4v) is 2.75. The minimum atomic E-state index is -0.0777. The van der Waals surface area contributed by atoms with Gasteiger partial charge in [0.05, 0.1) is 0 Å². The molecule has 0 atom stereocenters. The predicted octanol–water partition coefficient (Wildman–Crippen LogP) is 2.24. The molecule has 5 nitrogen and oxygen atoms in total. The van der Waals surface area contributed by atoms with Gasteiger partial charge in [-0.1, -0.05) is 19.8 Å². The van der Waals surface area contributed by atoms with Crippen LogP contribution in [0.2, 0.25) is 0 Å². The van der Waals surface area contributed by atoms with Crippen LogP contribution in [0.1, 0.15) is 49.4 Å². The third-order valence-corrected chi connectivity index (χ3v) is 4.26. The lowest BCUT2D eigenvalue weighted by atomic mass is 10.2. The van der Waals surface area contributed by atoms with Crippen LogP contribution >= 0.6 is 11.5 Å². The maximum atomic E-state index is 12.2. The predicted molar refractivity (Wildman–Crippen MR) is 79.8 cm³/mol. The molecule has 0 radical (unpaired) electrons. The number of unbranched alkanes of at least 4 members (excludes halogenated alkanes) is 2. The highest BCUT2D eigenvalue weighted by Crippen LogP contribution is 2.31. The first-order valence-corrected chi connectivity index (χ1v) is 7.68. The number of carbonyl (C=O) groups is 1. The van der Waals surface area contributed by atoms with Crippen LogP contribution in [0, 0.1) is 0 Å². The van der Waals surface area contributed by atoms with Crippen molar-refractivity contribution >= 4 is 28.3 Å². The molecule has 3 N–H and O–H groups in total. The molecular formula is C13H22N4OS. The van der Waals surface area contributed by atoms with Gasteiger partial charge in [0.2, 0.25) is 0 Å². The van der Waals surface area contributed by atoms with E-state index < -0.39 is 0 Å². The van der Waals surface area contributed by atoms with Crippen molar-refractivity contribution in [2.45, 2.75) is 45.1 Å². The second kappa shape index (κ2) is 6.23. The van der Waals surface area contributed by atoms with E-state index in [-0.39, 0.29) is 5.91 Å². The Hall–Kier alpha value is -1.30. The number of aromatic nitrogens is 1. The molecular weight excluding hydrogens is 260 g/mol. The molecule has 1 amide bonds. The molecule has 1 aromatic heterocycles. The van der Waals surface area contributed by atoms with Crippen LogP contribution in [0.15, 0.2) is 0 Å². The van der Waals surface area contributed by atoms with Crippen molar-refractivity contribution in [3.63, 3.8) is 0 Å². The molecule has 0 spiro atoms. The first-order valence-electron chi connectivity index (χ1n) is 6.90. The number of hydrogen-bond acceptors (Lipinski definition) is 5. The molecule has 106 valence electrons. The van der Waals surface area contributed by atoms with Crippen LogP contribution in [-0.2, 0) is 0 Å². The molecule has 1 fully saturated rings. The van der Waals surface area contributed by atoms with E-state index in [1.54, 1.807) is 0 Å². The van der Waals surface area contributed by atoms with E-state index in [0.29, 0.717) is 17.4 Å². The maximum Gasteiger partial charge on any atom is 0.258 e. The van der Waals surface area contributed by atoms with Crippen LogP contribution in [0.5, 0.6) is 0 Å². The number of rotatable bonds is 7. The zero-order valence-corrected chi connectivity index (χ0v) is 12.4. The average Bonchev–Trinajstić information content (AvgIpc) is 3.09. The van der Waals surface area contributed by atoms with Crippen molar-refractivity contribution in [1.29, 1.82) is 0 Å². The van der Waals surface area contributed by atoms with Gasteiger partial charge in [0.25, 0.3) is 5.91 Å². The number of carbonyl (C=O) groups excluding carboxylic acids is 1. The average molecular weight is 282 g/mol. The van der Waals surface area contributed by atoms with Crippen LogP contribution in [0.4, 0.5) is 10.8 Å². The van der Waals surface area contributed by atoms with E-state index >= 15 is 0 Å². The maximum absolute atomic E-state index is 12.2. The summed E-state index contributed by atoms with van der Waals surface area (Å²) < 4.78 is 4.13. The van der Waals surface area contributed by atoms with E-state index in [4.69, 9.17) is 5.73 Å². The lowest BCUT2D eigenvalue weighted by Gasteiger charge is -2.18. The Balaban J connectivity index is 2.04. The van der Waals surface area contributed by atoms with E-state index in [2.05, 4.69) is 21.5 Å². The summed E-state index contributed by atoms with van der Waals surface area (Å²) in [5.41, 5.74) is 6.39. The summed E-state index contributed by atoms with van der Waals surface area (Å²) in [5.74, 6) is 0.270. The second-order valence-electron chi connectivity index (χ2n) is 5.12. The summed E-state index contributed by atoms with van der Waals surface area (Å²) in [7, 11) is 2.00. The van der Waals surface area contributed by atoms with Crippen molar-refractivity contribution in [1.82, 2.24) is 9.69 Å². The van der Waals surface area contributed by atoms with Gasteiger partial charge >= 0.3 is 0 Å². The SMILES string of the molecule is CCCCCN(C)c1snc(N)c1C(=O)NC1CC1. The van der Waals surface area contributed by atoms with Gasteiger partial charge in [-0.2, -0.15) is 4.37 Å². The van der Waals surface area contributed by atoms with Crippen LogP contribution in [-0.4, -0.2) is 29.9 Å². The summed E-state index contributed by atoms with van der Waals surface area (Å²) >= 11 is 1.31. The molecule has 0 bridgehead atoms. The molecule has 0 saturated heterocycles. The lowest BCUT2D eigenvalue weighted by molar-refractivity contribution is 0.0952. The minimum Gasteiger partial charge on any atom is -0.382 e. The van der Waals surface area contributed by atoms with E-state index in [1.165, 1.54) is 24.4 Å². The molecule has 0 aromatic carbocycles. The van der Waals surface area contributed by atoms with E-state index in [9.17, 15) is 4.79 Å². The van der Waals surface area contributed by atoms with Crippen molar-refractivity contribution in [3.05, 3.63) is 5.56 Å². The highest BCUT2D eigenvalue weighted by atomic mass is 32.1. The number of nitrogens with two attached hydrogens (primary N) is 1. The number of anilines is 2. The molecule has 2 rings (SSSR count). The van der Waals surface area contributed by atoms with Crippen molar-refractivity contribution in [2.75, 3.05) is 24.2 Å². The Bertz CT molecular complexity index is 442. The van der Waals surface area contributed by atoms with Crippen LogP contribution < -0.4 is 16.0 Å². The highest BCUT2D eigenvalue weighted by molar-refractivity contribution is 7.11. The smallest absolute Gasteiger partial charge is 0.258 e. The molecule has 1 aliphatic carbocycles. The Kier molecular flexibility index (Phi) is 4.63. The fourth-order valence-electron chi connectivity index (χ4n) is 1.95. The number of nitrogens with zero attached hydrogens (tertiary/aromatic N) is 2. The summed E-state index contributed by atoms with van der Waals surface area (Å²) in [6.45, 7) is 3.11. The quantitative estimate of drug-likeness (QED) is 0.752. The number of nitrogen functional groups attached to an aromatic ring is 1. The Morgan fingerprint density at radius 2 is 2.26 bits per heavy atom. The van der Waals surface area contributed by atoms with E-state index in [1.807, 2.05) is 7.05 Å². The first kappa shape index (κ1) is 14.1. The topological polar surface area (TPSA) is 71.2 Å². The highest BCUT2D eigenvalue weighted by Gasteiger charge is 2.28. The molecule has 0 aliphatic heterocycles. The van der Waals surface area contributed by atoms with Crippen LogP contribution in [0.3, 0.4) is 0 Å². The Morgan fingerprint density at radius 3 is 2.89 bits per heavy atom. The normalized spacial score (nSPS) is 14.4. The zero-order chi connectivity index (χ0) is 13.8. The Labute approximate surface area is 118 Å². The summed E-state index contributed by atoms with van der Waals surface area (Å²) in [4.78, 5) is 14.3. The van der Waals surface area contributed by atoms with Gasteiger partial charge in [0.1, 0.15) is 10.6 Å². The number of nitrogens with one attached hydrogen (secondary N) is 1. The standard InChI is InChI=1S/C13H22N4OS/c1-3-4-5-8-17(2)13-10(11(14)16-19-13)12(18)15-9-6-7-9/h9H,3-8H2,1-2H3,(H2,14,16)(H,15,18). The molecule has 1 aliphatic rings. The third-order valence-electron chi connectivity index (χ3n) is 3.28. The minimum absolute atomic E-state index is 0.0777. The molecule has 19 heavy (non-hydrogen) atoms. The summed E-state index contributed by atoms with van der Waals surface area (Å²) in [6.07, 6.45) is 5.65. The lowest BCUT2D eigenvalue weighted by Crippen LogP contribution is -2.28. The molecule has 6 heteroatoms. The number of hydrogen-bond donors (Lipinski definition) is 2. The van der Waals surface area contributed by atoms with Gasteiger partial charge < -0.3 is 16.0 Å². The monoisotopic (exact) mass is 282 g/mol. The van der Waals surface area contributed by atoms with Gasteiger partial charge in [-0.3, -0.25) is 4.79 Å². The molecule has 1 aromatic rings.